The van der Waals surface area contributed by atoms with Crippen LogP contribution in [0.25, 0.3) is 0 Å². The molecular weight excluding hydrogens is 383 g/mol. The number of anilines is 1. The summed E-state index contributed by atoms with van der Waals surface area (Å²) >= 11 is 11.8. The fourth-order valence-corrected chi connectivity index (χ4v) is 3.45. The van der Waals surface area contributed by atoms with E-state index in [1.54, 1.807) is 37.3 Å². The molecular formula is C16H18Cl2N4O2S. The van der Waals surface area contributed by atoms with Gasteiger partial charge in [-0.1, -0.05) is 42.3 Å². The molecule has 9 heteroatoms. The second-order valence-corrected chi connectivity index (χ2v) is 7.83. The first-order valence-corrected chi connectivity index (χ1v) is 9.79. The van der Waals surface area contributed by atoms with Crippen molar-refractivity contribution >= 4 is 44.8 Å². The zero-order chi connectivity index (χ0) is 18.4. The van der Waals surface area contributed by atoms with Crippen molar-refractivity contribution in [1.29, 1.82) is 0 Å². The van der Waals surface area contributed by atoms with Gasteiger partial charge in [0.1, 0.15) is 0 Å². The highest BCUT2D eigenvalue weighted by molar-refractivity contribution is 7.89. The van der Waals surface area contributed by atoms with Gasteiger partial charge in [-0.3, -0.25) is 5.43 Å². The van der Waals surface area contributed by atoms with Crippen molar-refractivity contribution in [3.05, 3.63) is 52.1 Å². The molecule has 0 atom stereocenters. The Morgan fingerprint density at radius 1 is 1.24 bits per heavy atom. The minimum absolute atomic E-state index is 0.216. The van der Waals surface area contributed by atoms with E-state index < -0.39 is 10.0 Å². The van der Waals surface area contributed by atoms with Crippen LogP contribution >= 0.6 is 23.2 Å². The summed E-state index contributed by atoms with van der Waals surface area (Å²) in [7, 11) is -3.48. The van der Waals surface area contributed by atoms with Crippen LogP contribution in [0.1, 0.15) is 25.8 Å². The summed E-state index contributed by atoms with van der Waals surface area (Å²) in [6.45, 7) is 4.10. The number of nitrogens with one attached hydrogen (secondary N) is 2. The Balaban J connectivity index is 2.13. The van der Waals surface area contributed by atoms with Crippen molar-refractivity contribution in [3.8, 4) is 0 Å². The zero-order valence-corrected chi connectivity index (χ0v) is 16.1. The molecule has 0 aliphatic carbocycles. The van der Waals surface area contributed by atoms with Gasteiger partial charge in [0.05, 0.1) is 20.7 Å². The average molecular weight is 401 g/mol. The Labute approximate surface area is 157 Å². The standard InChI is InChI=1S/C16H18Cl2N4O2S/c1-3-8-20-25(23,24)14-6-4-12(5-7-14)11(2)21-22-16-15(18)9-13(17)10-19-16/h4-7,9-10,20H,3,8H2,1-2H3,(H,19,22)/b21-11-. The fraction of sp³-hybridized carbons (Fsp3) is 0.250. The van der Waals surface area contributed by atoms with Crippen molar-refractivity contribution in [2.45, 2.75) is 25.2 Å². The number of aromatic nitrogens is 1. The van der Waals surface area contributed by atoms with Crippen LogP contribution in [0.5, 0.6) is 0 Å². The lowest BCUT2D eigenvalue weighted by molar-refractivity contribution is 0.581. The quantitative estimate of drug-likeness (QED) is 0.544. The summed E-state index contributed by atoms with van der Waals surface area (Å²) in [6, 6.07) is 8.03. The molecule has 0 fully saturated rings. The van der Waals surface area contributed by atoms with E-state index in [4.69, 9.17) is 23.2 Å². The normalized spacial score (nSPS) is 12.2. The van der Waals surface area contributed by atoms with Gasteiger partial charge >= 0.3 is 0 Å². The number of rotatable bonds is 7. The minimum atomic E-state index is -3.48. The SMILES string of the molecule is CCCNS(=O)(=O)c1ccc(/C(C)=N\Nc2ncc(Cl)cc2Cl)cc1. The third kappa shape index (κ3) is 5.40. The van der Waals surface area contributed by atoms with Crippen LogP contribution in [0.15, 0.2) is 46.5 Å². The van der Waals surface area contributed by atoms with Crippen LogP contribution in [-0.4, -0.2) is 25.7 Å². The molecule has 0 aliphatic heterocycles. The van der Waals surface area contributed by atoms with E-state index in [-0.39, 0.29) is 4.90 Å². The van der Waals surface area contributed by atoms with Gasteiger partial charge < -0.3 is 0 Å². The number of pyridine rings is 1. The Hall–Kier alpha value is -1.67. The molecule has 1 heterocycles. The van der Waals surface area contributed by atoms with E-state index in [0.29, 0.717) is 28.1 Å². The van der Waals surface area contributed by atoms with Gasteiger partial charge in [-0.25, -0.2) is 18.1 Å². The summed E-state index contributed by atoms with van der Waals surface area (Å²) in [5, 5.41) is 5.00. The van der Waals surface area contributed by atoms with Gasteiger partial charge in [0.25, 0.3) is 0 Å². The van der Waals surface area contributed by atoms with E-state index in [1.807, 2.05) is 6.92 Å². The molecule has 2 rings (SSSR count). The van der Waals surface area contributed by atoms with Crippen molar-refractivity contribution in [2.24, 2.45) is 5.10 Å². The maximum Gasteiger partial charge on any atom is 0.240 e. The molecule has 0 spiro atoms. The van der Waals surface area contributed by atoms with Crippen LogP contribution in [-0.2, 0) is 10.0 Å². The lowest BCUT2D eigenvalue weighted by Gasteiger charge is -2.07. The molecule has 6 nitrogen and oxygen atoms in total. The van der Waals surface area contributed by atoms with E-state index >= 15 is 0 Å². The largest absolute Gasteiger partial charge is 0.260 e. The number of hydrogen-bond donors (Lipinski definition) is 2. The highest BCUT2D eigenvalue weighted by Gasteiger charge is 2.13. The molecule has 0 amide bonds. The lowest BCUT2D eigenvalue weighted by atomic mass is 10.1. The number of benzene rings is 1. The second-order valence-electron chi connectivity index (χ2n) is 5.22. The van der Waals surface area contributed by atoms with Crippen molar-refractivity contribution in [3.63, 3.8) is 0 Å². The first kappa shape index (κ1) is 19.7. The Morgan fingerprint density at radius 3 is 2.52 bits per heavy atom. The van der Waals surface area contributed by atoms with E-state index in [9.17, 15) is 8.42 Å². The third-order valence-electron chi connectivity index (χ3n) is 3.26. The molecule has 0 saturated heterocycles. The highest BCUT2D eigenvalue weighted by Crippen LogP contribution is 2.22. The van der Waals surface area contributed by atoms with E-state index in [0.717, 1.165) is 12.0 Å². The van der Waals surface area contributed by atoms with Crippen LogP contribution in [0.3, 0.4) is 0 Å². The fourth-order valence-electron chi connectivity index (χ4n) is 1.89. The third-order valence-corrected chi connectivity index (χ3v) is 5.23. The summed E-state index contributed by atoms with van der Waals surface area (Å²) in [5.74, 6) is 0.383. The Kier molecular flexibility index (Phi) is 6.78. The summed E-state index contributed by atoms with van der Waals surface area (Å²) in [5.41, 5.74) is 4.19. The number of sulfonamides is 1. The van der Waals surface area contributed by atoms with Gasteiger partial charge in [-0.2, -0.15) is 5.10 Å². The van der Waals surface area contributed by atoms with Crippen molar-refractivity contribution in [2.75, 3.05) is 12.0 Å². The van der Waals surface area contributed by atoms with Crippen LogP contribution < -0.4 is 10.1 Å². The van der Waals surface area contributed by atoms with Gasteiger partial charge in [0.2, 0.25) is 10.0 Å². The zero-order valence-electron chi connectivity index (χ0n) is 13.8. The predicted molar refractivity (Wildman–Crippen MR) is 102 cm³/mol. The molecule has 0 saturated carbocycles. The first-order chi connectivity index (χ1) is 11.8. The topological polar surface area (TPSA) is 83.5 Å². The van der Waals surface area contributed by atoms with Crippen LogP contribution in [0.4, 0.5) is 5.82 Å². The predicted octanol–water partition coefficient (Wildman–Crippen LogP) is 3.91. The smallest absolute Gasteiger partial charge is 0.240 e. The number of halogens is 2. The van der Waals surface area contributed by atoms with Crippen molar-refractivity contribution < 1.29 is 8.42 Å². The van der Waals surface area contributed by atoms with Gasteiger partial charge in [0, 0.05) is 12.7 Å². The number of hydrogen-bond acceptors (Lipinski definition) is 5. The number of hydrazone groups is 1. The van der Waals surface area contributed by atoms with Gasteiger partial charge in [0.15, 0.2) is 5.82 Å². The summed E-state index contributed by atoms with van der Waals surface area (Å²) < 4.78 is 26.6. The van der Waals surface area contributed by atoms with E-state index in [2.05, 4.69) is 20.2 Å². The van der Waals surface area contributed by atoms with Gasteiger partial charge in [-0.15, -0.1) is 0 Å². The maximum atomic E-state index is 12.1. The van der Waals surface area contributed by atoms with Crippen molar-refractivity contribution in [1.82, 2.24) is 9.71 Å². The molecule has 0 radical (unpaired) electrons. The first-order valence-electron chi connectivity index (χ1n) is 7.55. The molecule has 25 heavy (non-hydrogen) atoms. The van der Waals surface area contributed by atoms with Crippen LogP contribution in [0.2, 0.25) is 10.0 Å². The van der Waals surface area contributed by atoms with Crippen LogP contribution in [0, 0.1) is 0 Å². The molecule has 2 N–H and O–H groups in total. The monoisotopic (exact) mass is 400 g/mol. The van der Waals surface area contributed by atoms with E-state index in [1.165, 1.54) is 6.20 Å². The molecule has 0 bridgehead atoms. The van der Waals surface area contributed by atoms with Gasteiger partial charge in [-0.05, 0) is 37.1 Å². The summed E-state index contributed by atoms with van der Waals surface area (Å²) in [6.07, 6.45) is 2.19. The summed E-state index contributed by atoms with van der Waals surface area (Å²) in [4.78, 5) is 4.26. The molecule has 2 aromatic rings. The average Bonchev–Trinajstić information content (AvgIpc) is 2.59. The number of nitrogens with zero attached hydrogens (tertiary/aromatic N) is 2. The highest BCUT2D eigenvalue weighted by atomic mass is 35.5. The Bertz CT molecular complexity index is 868. The molecule has 0 aliphatic rings. The molecule has 1 aromatic heterocycles. The molecule has 1 aromatic carbocycles. The maximum absolute atomic E-state index is 12.1. The minimum Gasteiger partial charge on any atom is -0.260 e. The lowest BCUT2D eigenvalue weighted by Crippen LogP contribution is -2.24. The second kappa shape index (κ2) is 8.62. The molecule has 0 unspecified atom stereocenters. The Morgan fingerprint density at radius 2 is 1.92 bits per heavy atom. The molecule has 134 valence electrons.